The molecule has 0 bridgehead atoms. The first-order chi connectivity index (χ1) is 15.7. The van der Waals surface area contributed by atoms with Crippen LogP contribution in [0.3, 0.4) is 0 Å². The topological polar surface area (TPSA) is 84.8 Å². The maximum atomic E-state index is 13.0. The second-order valence-electron chi connectivity index (χ2n) is 7.51. The first-order valence-electron chi connectivity index (χ1n) is 10.5. The van der Waals surface area contributed by atoms with Gasteiger partial charge in [0.15, 0.2) is 0 Å². The minimum atomic E-state index is -0.444. The second-order valence-corrected chi connectivity index (χ2v) is 8.46. The number of carbonyl (C=O) groups excluding carboxylic acids is 1. The standard InChI is InChI=1S/C24H23N5O2S/c1-3-31-22(30)20-15(2)26-23-27-24(32-14-16-9-5-4-6-10-16)28-29(23)21(20)18-13-25-19-12-8-7-11-17(18)19/h4-13,21,25H,3,14H2,1-2H3,(H,26,27,28). The van der Waals surface area contributed by atoms with Gasteiger partial charge in [-0.3, -0.25) is 0 Å². The molecule has 1 unspecified atom stereocenters. The molecule has 7 nitrogen and oxygen atoms in total. The molecule has 0 aliphatic carbocycles. The van der Waals surface area contributed by atoms with E-state index in [1.54, 1.807) is 16.4 Å². The molecule has 0 saturated heterocycles. The van der Waals surface area contributed by atoms with Crippen LogP contribution >= 0.6 is 11.8 Å². The highest BCUT2D eigenvalue weighted by molar-refractivity contribution is 7.98. The van der Waals surface area contributed by atoms with E-state index in [0.29, 0.717) is 23.3 Å². The third-order valence-corrected chi connectivity index (χ3v) is 6.36. The monoisotopic (exact) mass is 445 g/mol. The SMILES string of the molecule is CCOC(=O)C1=C(C)Nc2nc(SCc3ccccc3)nn2C1c1c[nH]c2ccccc12. The molecule has 5 rings (SSSR count). The number of para-hydroxylation sites is 1. The van der Waals surface area contributed by atoms with E-state index < -0.39 is 6.04 Å². The van der Waals surface area contributed by atoms with Gasteiger partial charge in [-0.25, -0.2) is 9.48 Å². The number of benzene rings is 2. The Kier molecular flexibility index (Phi) is 5.45. The Balaban J connectivity index is 1.57. The number of allylic oxidation sites excluding steroid dienone is 1. The fourth-order valence-electron chi connectivity index (χ4n) is 4.00. The molecule has 1 aliphatic heterocycles. The molecular formula is C24H23N5O2S. The van der Waals surface area contributed by atoms with E-state index in [4.69, 9.17) is 14.8 Å². The Hall–Kier alpha value is -3.52. The summed E-state index contributed by atoms with van der Waals surface area (Å²) >= 11 is 1.57. The number of aromatic amines is 1. The molecule has 4 aromatic rings. The van der Waals surface area contributed by atoms with E-state index in [9.17, 15) is 4.79 Å². The van der Waals surface area contributed by atoms with E-state index in [-0.39, 0.29) is 5.97 Å². The number of esters is 1. The number of thioether (sulfide) groups is 1. The minimum Gasteiger partial charge on any atom is -0.463 e. The summed E-state index contributed by atoms with van der Waals surface area (Å²) in [5.41, 5.74) is 4.41. The van der Waals surface area contributed by atoms with Crippen molar-refractivity contribution in [1.29, 1.82) is 0 Å². The number of fused-ring (bicyclic) bond motifs is 2. The van der Waals surface area contributed by atoms with Crippen LogP contribution in [0.2, 0.25) is 0 Å². The van der Waals surface area contributed by atoms with Gasteiger partial charge in [0.2, 0.25) is 11.1 Å². The van der Waals surface area contributed by atoms with Gasteiger partial charge in [-0.1, -0.05) is 60.3 Å². The van der Waals surface area contributed by atoms with Gasteiger partial charge in [0.25, 0.3) is 0 Å². The Morgan fingerprint density at radius 1 is 1.16 bits per heavy atom. The zero-order chi connectivity index (χ0) is 22.1. The summed E-state index contributed by atoms with van der Waals surface area (Å²) in [6, 6.07) is 17.8. The molecule has 3 heterocycles. The lowest BCUT2D eigenvalue weighted by Crippen LogP contribution is -2.29. The molecule has 0 spiro atoms. The molecule has 1 aliphatic rings. The molecule has 0 amide bonds. The number of anilines is 1. The van der Waals surface area contributed by atoms with E-state index in [0.717, 1.165) is 27.9 Å². The molecule has 0 radical (unpaired) electrons. The number of nitrogens with one attached hydrogen (secondary N) is 2. The van der Waals surface area contributed by atoms with Crippen LogP contribution in [-0.2, 0) is 15.3 Å². The summed E-state index contributed by atoms with van der Waals surface area (Å²) in [7, 11) is 0. The summed E-state index contributed by atoms with van der Waals surface area (Å²) in [6.45, 7) is 3.99. The number of H-pyrrole nitrogens is 1. The summed E-state index contributed by atoms with van der Waals surface area (Å²) in [5, 5.41) is 9.73. The van der Waals surface area contributed by atoms with Gasteiger partial charge >= 0.3 is 5.97 Å². The van der Waals surface area contributed by atoms with Crippen molar-refractivity contribution in [1.82, 2.24) is 19.7 Å². The van der Waals surface area contributed by atoms with Crippen LogP contribution in [0.25, 0.3) is 10.9 Å². The van der Waals surface area contributed by atoms with Crippen molar-refractivity contribution in [2.75, 3.05) is 11.9 Å². The first-order valence-corrected chi connectivity index (χ1v) is 11.5. The Morgan fingerprint density at radius 2 is 1.94 bits per heavy atom. The van der Waals surface area contributed by atoms with E-state index in [1.165, 1.54) is 5.56 Å². The maximum absolute atomic E-state index is 13.0. The van der Waals surface area contributed by atoms with Crippen molar-refractivity contribution in [2.45, 2.75) is 30.8 Å². The smallest absolute Gasteiger partial charge is 0.338 e. The predicted molar refractivity (Wildman–Crippen MR) is 125 cm³/mol. The summed E-state index contributed by atoms with van der Waals surface area (Å²) in [4.78, 5) is 21.0. The van der Waals surface area contributed by atoms with Crippen molar-refractivity contribution in [3.8, 4) is 0 Å². The third kappa shape index (κ3) is 3.67. The number of ether oxygens (including phenoxy) is 1. The Morgan fingerprint density at radius 3 is 2.75 bits per heavy atom. The molecule has 2 N–H and O–H groups in total. The molecule has 162 valence electrons. The van der Waals surface area contributed by atoms with Crippen LogP contribution in [0.4, 0.5) is 5.95 Å². The van der Waals surface area contributed by atoms with Crippen LogP contribution < -0.4 is 5.32 Å². The quantitative estimate of drug-likeness (QED) is 0.324. The fourth-order valence-corrected chi connectivity index (χ4v) is 4.78. The van der Waals surface area contributed by atoms with E-state index >= 15 is 0 Å². The van der Waals surface area contributed by atoms with Gasteiger partial charge in [-0.2, -0.15) is 4.98 Å². The van der Waals surface area contributed by atoms with Gasteiger partial charge in [0, 0.05) is 34.1 Å². The largest absolute Gasteiger partial charge is 0.463 e. The van der Waals surface area contributed by atoms with Crippen LogP contribution in [0, 0.1) is 0 Å². The average molecular weight is 446 g/mol. The lowest BCUT2D eigenvalue weighted by molar-refractivity contribution is -0.139. The third-order valence-electron chi connectivity index (χ3n) is 5.46. The van der Waals surface area contributed by atoms with Gasteiger partial charge in [0.1, 0.15) is 6.04 Å². The highest BCUT2D eigenvalue weighted by Gasteiger charge is 2.36. The molecular weight excluding hydrogens is 422 g/mol. The molecule has 1 atom stereocenters. The summed E-state index contributed by atoms with van der Waals surface area (Å²) < 4.78 is 7.20. The Bertz CT molecular complexity index is 1310. The lowest BCUT2D eigenvalue weighted by atomic mass is 9.95. The molecule has 8 heteroatoms. The van der Waals surface area contributed by atoms with Gasteiger partial charge in [0.05, 0.1) is 12.2 Å². The number of hydrogen-bond acceptors (Lipinski definition) is 6. The molecule has 2 aromatic carbocycles. The number of carbonyl (C=O) groups is 1. The highest BCUT2D eigenvalue weighted by Crippen LogP contribution is 2.39. The van der Waals surface area contributed by atoms with Crippen LogP contribution in [-0.4, -0.2) is 32.3 Å². The van der Waals surface area contributed by atoms with E-state index in [1.807, 2.05) is 62.5 Å². The zero-order valence-corrected chi connectivity index (χ0v) is 18.6. The number of hydrogen-bond donors (Lipinski definition) is 2. The van der Waals surface area contributed by atoms with E-state index in [2.05, 4.69) is 22.4 Å². The van der Waals surface area contributed by atoms with Crippen LogP contribution in [0.15, 0.2) is 77.2 Å². The second kappa shape index (κ2) is 8.55. The van der Waals surface area contributed by atoms with Gasteiger partial charge < -0.3 is 15.0 Å². The number of aromatic nitrogens is 4. The maximum Gasteiger partial charge on any atom is 0.338 e. The van der Waals surface area contributed by atoms with Crippen molar-refractivity contribution < 1.29 is 9.53 Å². The zero-order valence-electron chi connectivity index (χ0n) is 17.8. The first kappa shape index (κ1) is 20.4. The van der Waals surface area contributed by atoms with Crippen molar-refractivity contribution in [3.05, 3.63) is 83.2 Å². The minimum absolute atomic E-state index is 0.304. The van der Waals surface area contributed by atoms with Crippen molar-refractivity contribution in [2.24, 2.45) is 0 Å². The molecule has 32 heavy (non-hydrogen) atoms. The van der Waals surface area contributed by atoms with Gasteiger partial charge in [-0.15, -0.1) is 5.10 Å². The molecule has 2 aromatic heterocycles. The van der Waals surface area contributed by atoms with Gasteiger partial charge in [-0.05, 0) is 25.5 Å². The molecule has 0 saturated carbocycles. The highest BCUT2D eigenvalue weighted by atomic mass is 32.2. The normalized spacial score (nSPS) is 15.5. The average Bonchev–Trinajstić information content (AvgIpc) is 3.41. The molecule has 0 fully saturated rings. The fraction of sp³-hybridized carbons (Fsp3) is 0.208. The number of nitrogens with zero attached hydrogens (tertiary/aromatic N) is 3. The summed E-state index contributed by atoms with van der Waals surface area (Å²) in [5.74, 6) is 1.02. The van der Waals surface area contributed by atoms with Crippen LogP contribution in [0.5, 0.6) is 0 Å². The lowest BCUT2D eigenvalue weighted by Gasteiger charge is -2.27. The predicted octanol–water partition coefficient (Wildman–Crippen LogP) is 4.90. The van der Waals surface area contributed by atoms with Crippen molar-refractivity contribution >= 4 is 34.6 Å². The Labute approximate surface area is 189 Å². The number of rotatable bonds is 6. The van der Waals surface area contributed by atoms with Crippen molar-refractivity contribution in [3.63, 3.8) is 0 Å². The summed E-state index contributed by atoms with van der Waals surface area (Å²) in [6.07, 6.45) is 1.94. The van der Waals surface area contributed by atoms with Crippen LogP contribution in [0.1, 0.15) is 31.0 Å².